The van der Waals surface area contributed by atoms with Gasteiger partial charge in [-0.15, -0.1) is 22.7 Å². The third-order valence-electron chi connectivity index (χ3n) is 6.80. The number of carbonyl (C=O) groups excluding carboxylic acids is 2. The Balaban J connectivity index is 1.23. The average molecular weight is 615 g/mol. The molecule has 0 unspecified atom stereocenters. The van der Waals surface area contributed by atoms with Crippen LogP contribution in [0.3, 0.4) is 0 Å². The van der Waals surface area contributed by atoms with Crippen molar-refractivity contribution >= 4 is 65.0 Å². The van der Waals surface area contributed by atoms with Crippen molar-refractivity contribution in [2.45, 2.75) is 18.2 Å². The minimum atomic E-state index is -4.39. The molecule has 0 fully saturated rings. The molecule has 2 aromatic heterocycles. The Morgan fingerprint density at radius 1 is 0.810 bits per heavy atom. The van der Waals surface area contributed by atoms with Crippen LogP contribution in [0.15, 0.2) is 83.8 Å². The normalized spacial score (nSPS) is 11.7. The van der Waals surface area contributed by atoms with E-state index in [1.165, 1.54) is 29.8 Å². The van der Waals surface area contributed by atoms with E-state index in [1.54, 1.807) is 43.3 Å². The van der Waals surface area contributed by atoms with Crippen molar-refractivity contribution < 1.29 is 27.3 Å². The van der Waals surface area contributed by atoms with Crippen LogP contribution in [-0.2, 0) is 21.3 Å². The fourth-order valence-electron chi connectivity index (χ4n) is 4.65. The van der Waals surface area contributed by atoms with Gasteiger partial charge < -0.3 is 4.74 Å². The molecule has 0 bridgehead atoms. The number of nitrogens with zero attached hydrogens (tertiary/aromatic N) is 2. The molecule has 0 saturated heterocycles. The van der Waals surface area contributed by atoms with E-state index in [9.17, 15) is 22.6 Å². The van der Waals surface area contributed by atoms with Gasteiger partial charge in [0.05, 0.1) is 33.1 Å². The van der Waals surface area contributed by atoms with Crippen molar-refractivity contribution in [1.82, 2.24) is 9.97 Å². The first-order valence-corrected chi connectivity index (χ1v) is 15.8. The third kappa shape index (κ3) is 5.35. The van der Waals surface area contributed by atoms with Gasteiger partial charge in [-0.05, 0) is 54.4 Å². The Morgan fingerprint density at radius 3 is 2.12 bits per heavy atom. The van der Waals surface area contributed by atoms with Crippen LogP contribution in [-0.4, -0.2) is 41.8 Å². The third-order valence-corrected chi connectivity index (χ3v) is 10.2. The number of benzene rings is 4. The molecule has 6 rings (SSSR count). The van der Waals surface area contributed by atoms with Crippen LogP contribution < -0.4 is 0 Å². The molecule has 11 heteroatoms. The van der Waals surface area contributed by atoms with E-state index < -0.39 is 16.1 Å². The van der Waals surface area contributed by atoms with Gasteiger partial charge >= 0.3 is 5.97 Å². The van der Waals surface area contributed by atoms with Crippen LogP contribution >= 0.6 is 22.7 Å². The molecule has 0 aliphatic rings. The van der Waals surface area contributed by atoms with Gasteiger partial charge in [0.25, 0.3) is 10.1 Å². The maximum absolute atomic E-state index is 12.8. The van der Waals surface area contributed by atoms with E-state index in [1.807, 2.05) is 42.5 Å². The molecule has 6 aromatic rings. The number of esters is 1. The largest absolute Gasteiger partial charge is 0.465 e. The second-order valence-corrected chi connectivity index (χ2v) is 13.0. The molecule has 0 atom stereocenters. The van der Waals surface area contributed by atoms with Gasteiger partial charge in [-0.1, -0.05) is 42.5 Å². The number of hydrogen-bond donors (Lipinski definition) is 1. The van der Waals surface area contributed by atoms with Crippen LogP contribution in [0.25, 0.3) is 41.6 Å². The Labute approximate surface area is 249 Å². The number of aromatic nitrogens is 2. The molecule has 0 aliphatic carbocycles. The molecule has 0 saturated carbocycles. The van der Waals surface area contributed by atoms with Crippen LogP contribution in [0.1, 0.15) is 31.8 Å². The molecule has 0 radical (unpaired) electrons. The van der Waals surface area contributed by atoms with Gasteiger partial charge in [-0.2, -0.15) is 8.42 Å². The molecule has 42 heavy (non-hydrogen) atoms. The number of carbonyl (C=O) groups is 2. The number of methoxy groups -OCH3 is 1. The summed E-state index contributed by atoms with van der Waals surface area (Å²) in [5.74, 6) is -0.503. The summed E-state index contributed by atoms with van der Waals surface area (Å²) in [5.41, 5.74) is 5.32. The molecule has 2 heterocycles. The number of hydrogen-bond acceptors (Lipinski definition) is 9. The van der Waals surface area contributed by atoms with E-state index in [-0.39, 0.29) is 17.1 Å². The molecule has 0 spiro atoms. The lowest BCUT2D eigenvalue weighted by molar-refractivity contribution is 0.0600. The summed E-state index contributed by atoms with van der Waals surface area (Å²) >= 11 is 2.75. The van der Waals surface area contributed by atoms with Gasteiger partial charge in [0.15, 0.2) is 5.78 Å². The zero-order valence-corrected chi connectivity index (χ0v) is 24.8. The zero-order valence-electron chi connectivity index (χ0n) is 22.3. The summed E-state index contributed by atoms with van der Waals surface area (Å²) in [6.07, 6.45) is 0.224. The van der Waals surface area contributed by atoms with Crippen molar-refractivity contribution in [3.05, 3.63) is 101 Å². The molecular weight excluding hydrogens is 593 g/mol. The standard InChI is InChI=1S/C31H22N2O6S3/c1-17-3-13-24-27(28(17)42(36,37)38)41-30(33-24)22-12-14-23-26(16-22)40-29(32-23)20-6-4-18(5-7-20)15-25(34)19-8-10-21(11-9-19)31(35)39-2/h3-14,16H,15H2,1-2H3,(H,36,37,38). The van der Waals surface area contributed by atoms with E-state index in [0.717, 1.165) is 31.9 Å². The highest BCUT2D eigenvalue weighted by molar-refractivity contribution is 7.86. The number of fused-ring (bicyclic) bond motifs is 2. The minimum absolute atomic E-state index is 0.0552. The van der Waals surface area contributed by atoms with Crippen LogP contribution in [0.5, 0.6) is 0 Å². The number of Topliss-reactive ketones (excluding diaryl/α,β-unsaturated/α-hetero) is 1. The summed E-state index contributed by atoms with van der Waals surface area (Å²) in [7, 11) is -3.08. The van der Waals surface area contributed by atoms with Crippen LogP contribution in [0, 0.1) is 6.92 Å². The minimum Gasteiger partial charge on any atom is -0.465 e. The van der Waals surface area contributed by atoms with Crippen molar-refractivity contribution in [2.75, 3.05) is 7.11 Å². The highest BCUT2D eigenvalue weighted by Gasteiger charge is 2.21. The lowest BCUT2D eigenvalue weighted by Crippen LogP contribution is -2.05. The van der Waals surface area contributed by atoms with E-state index in [2.05, 4.69) is 4.98 Å². The molecule has 4 aromatic carbocycles. The van der Waals surface area contributed by atoms with Crippen molar-refractivity contribution in [3.63, 3.8) is 0 Å². The Bertz CT molecular complexity index is 2110. The summed E-state index contributed by atoms with van der Waals surface area (Å²) in [5, 5.41) is 1.47. The quantitative estimate of drug-likeness (QED) is 0.116. The maximum Gasteiger partial charge on any atom is 0.337 e. The van der Waals surface area contributed by atoms with E-state index in [4.69, 9.17) is 9.72 Å². The summed E-state index contributed by atoms with van der Waals surface area (Å²) in [4.78, 5) is 33.7. The lowest BCUT2D eigenvalue weighted by atomic mass is 10.0. The lowest BCUT2D eigenvalue weighted by Gasteiger charge is -2.04. The summed E-state index contributed by atoms with van der Waals surface area (Å²) in [6, 6.07) is 23.3. The average Bonchev–Trinajstić information content (AvgIpc) is 3.60. The fraction of sp³-hybridized carbons (Fsp3) is 0.0968. The number of ketones is 1. The number of ether oxygens (including phenoxy) is 1. The van der Waals surface area contributed by atoms with Gasteiger partial charge in [0.1, 0.15) is 14.9 Å². The Hall–Kier alpha value is -4.29. The first-order chi connectivity index (χ1) is 20.1. The van der Waals surface area contributed by atoms with E-state index >= 15 is 0 Å². The first kappa shape index (κ1) is 27.9. The van der Waals surface area contributed by atoms with Crippen LogP contribution in [0.4, 0.5) is 0 Å². The monoisotopic (exact) mass is 614 g/mol. The highest BCUT2D eigenvalue weighted by atomic mass is 32.2. The molecule has 0 aliphatic heterocycles. The van der Waals surface area contributed by atoms with E-state index in [0.29, 0.717) is 31.9 Å². The maximum atomic E-state index is 12.8. The first-order valence-electron chi connectivity index (χ1n) is 12.7. The number of rotatable bonds is 7. The summed E-state index contributed by atoms with van der Waals surface area (Å²) in [6.45, 7) is 1.64. The smallest absolute Gasteiger partial charge is 0.337 e. The highest BCUT2D eigenvalue weighted by Crippen LogP contribution is 2.38. The van der Waals surface area contributed by atoms with Gasteiger partial charge in [-0.25, -0.2) is 14.8 Å². The van der Waals surface area contributed by atoms with Crippen LogP contribution in [0.2, 0.25) is 0 Å². The van der Waals surface area contributed by atoms with Crippen molar-refractivity contribution in [3.8, 4) is 21.1 Å². The summed E-state index contributed by atoms with van der Waals surface area (Å²) < 4.78 is 39.8. The molecular formula is C31H22N2O6S3. The van der Waals surface area contributed by atoms with Gasteiger partial charge in [-0.3, -0.25) is 9.35 Å². The Kier molecular flexibility index (Phi) is 7.19. The predicted molar refractivity (Wildman–Crippen MR) is 164 cm³/mol. The predicted octanol–water partition coefficient (Wildman–Crippen LogP) is 7.01. The second kappa shape index (κ2) is 10.8. The second-order valence-electron chi connectivity index (χ2n) is 9.62. The van der Waals surface area contributed by atoms with Crippen molar-refractivity contribution in [1.29, 1.82) is 0 Å². The molecule has 0 amide bonds. The fourth-order valence-corrected chi connectivity index (χ4v) is 7.97. The Morgan fingerprint density at radius 2 is 1.43 bits per heavy atom. The number of thiazole rings is 2. The molecule has 1 N–H and O–H groups in total. The van der Waals surface area contributed by atoms with Crippen molar-refractivity contribution in [2.24, 2.45) is 0 Å². The SMILES string of the molecule is COC(=O)c1ccc(C(=O)Cc2ccc(-c3nc4ccc(-c5nc6ccc(C)c(S(=O)(=O)O)c6s5)cc4s3)cc2)cc1. The molecule has 8 nitrogen and oxygen atoms in total. The topological polar surface area (TPSA) is 124 Å². The number of aryl methyl sites for hydroxylation is 1. The van der Waals surface area contributed by atoms with Gasteiger partial charge in [0, 0.05) is 23.1 Å². The van der Waals surface area contributed by atoms with Gasteiger partial charge in [0.2, 0.25) is 0 Å². The zero-order chi connectivity index (χ0) is 29.6. The molecule has 210 valence electrons.